The van der Waals surface area contributed by atoms with Gasteiger partial charge in [-0.05, 0) is 0 Å². The number of ether oxygens (including phenoxy) is 2. The predicted octanol–water partition coefficient (Wildman–Crippen LogP) is 9.66. The van der Waals surface area contributed by atoms with E-state index in [2.05, 4.69) is 120 Å². The van der Waals surface area contributed by atoms with Crippen molar-refractivity contribution in [2.24, 2.45) is 0 Å². The van der Waals surface area contributed by atoms with Crippen LogP contribution in [-0.4, -0.2) is 22.3 Å². The fourth-order valence-corrected chi connectivity index (χ4v) is 40.0. The van der Waals surface area contributed by atoms with Crippen molar-refractivity contribution in [2.75, 3.05) is 14.2 Å². The van der Waals surface area contributed by atoms with Crippen LogP contribution in [0.5, 0.6) is 11.5 Å². The number of hydrogen-bond donors (Lipinski definition) is 0. The number of rotatable bonds is 4. The van der Waals surface area contributed by atoms with Crippen molar-refractivity contribution in [3.63, 3.8) is 0 Å². The normalized spacial score (nSPS) is 20.9. The molecule has 0 spiro atoms. The summed E-state index contributed by atoms with van der Waals surface area (Å²) in [5.74, 6) is 1.81. The van der Waals surface area contributed by atoms with Crippen LogP contribution in [-0.2, 0) is 20.0 Å². The molecule has 200 valence electrons. The number of allylic oxidation sites excluding steroid dienone is 2. The van der Waals surface area contributed by atoms with Crippen molar-refractivity contribution in [1.82, 2.24) is 0 Å². The van der Waals surface area contributed by atoms with Crippen molar-refractivity contribution >= 4 is 20.2 Å². The Labute approximate surface area is 243 Å². The summed E-state index contributed by atoms with van der Waals surface area (Å²) in [6.07, 6.45) is 5.27. The maximum atomic E-state index is 5.44. The van der Waals surface area contributed by atoms with Gasteiger partial charge in [-0.15, -0.1) is 0 Å². The van der Waals surface area contributed by atoms with Crippen LogP contribution in [0.15, 0.2) is 95.3 Å². The summed E-state index contributed by atoms with van der Waals surface area (Å²) in [4.78, 5) is 0. The first-order valence-electron chi connectivity index (χ1n) is 14.2. The number of benzene rings is 4. The van der Waals surface area contributed by atoms with Gasteiger partial charge in [0.15, 0.2) is 0 Å². The van der Waals surface area contributed by atoms with Crippen LogP contribution in [0.25, 0.3) is 34.4 Å². The Kier molecular flexibility index (Phi) is 6.03. The van der Waals surface area contributed by atoms with Crippen molar-refractivity contribution in [3.8, 4) is 33.8 Å². The molecule has 2 aliphatic carbocycles. The molecule has 3 aliphatic rings. The molecule has 40 heavy (non-hydrogen) atoms. The number of methoxy groups -OCH3 is 2. The molecule has 4 aromatic rings. The molecule has 2 unspecified atom stereocenters. The quantitative estimate of drug-likeness (QED) is 0.197. The van der Waals surface area contributed by atoms with Gasteiger partial charge in [0.2, 0.25) is 0 Å². The molecule has 2 nitrogen and oxygen atoms in total. The van der Waals surface area contributed by atoms with Crippen molar-refractivity contribution in [2.45, 2.75) is 29.8 Å². The van der Waals surface area contributed by atoms with Gasteiger partial charge in [0.25, 0.3) is 0 Å². The zero-order valence-corrected chi connectivity index (χ0v) is 28.8. The molecule has 0 saturated carbocycles. The van der Waals surface area contributed by atoms with Crippen LogP contribution in [0.4, 0.5) is 0 Å². The second-order valence-electron chi connectivity index (χ2n) is 12.6. The van der Waals surface area contributed by atoms with E-state index in [9.17, 15) is 0 Å². The first-order valence-corrected chi connectivity index (χ1v) is 28.6. The van der Waals surface area contributed by atoms with Crippen molar-refractivity contribution in [1.29, 1.82) is 0 Å². The molecule has 4 aromatic carbocycles. The third-order valence-electron chi connectivity index (χ3n) is 9.86. The average molecular weight is 707 g/mol. The van der Waals surface area contributed by atoms with E-state index in [1.807, 2.05) is 0 Å². The molecule has 1 aliphatic heterocycles. The van der Waals surface area contributed by atoms with Crippen LogP contribution < -0.4 is 9.47 Å². The van der Waals surface area contributed by atoms with Crippen LogP contribution in [0.3, 0.4) is 0 Å². The Morgan fingerprint density at radius 2 is 0.975 bits per heavy atom. The first kappa shape index (κ1) is 26.0. The third-order valence-corrected chi connectivity index (χ3v) is 30.8. The Morgan fingerprint density at radius 3 is 1.35 bits per heavy atom. The van der Waals surface area contributed by atoms with Gasteiger partial charge in [0.05, 0.1) is 0 Å². The van der Waals surface area contributed by atoms with Gasteiger partial charge < -0.3 is 0 Å². The van der Waals surface area contributed by atoms with E-state index in [1.54, 1.807) is 35.7 Å². The van der Waals surface area contributed by atoms with Gasteiger partial charge in [0.1, 0.15) is 0 Å². The van der Waals surface area contributed by atoms with E-state index in [4.69, 9.17) is 9.47 Å². The van der Waals surface area contributed by atoms with E-state index in [1.165, 1.54) is 33.4 Å². The summed E-state index contributed by atoms with van der Waals surface area (Å²) in [5.41, 5.74) is 11.4. The summed E-state index contributed by atoms with van der Waals surface area (Å²) in [6, 6.07) is 31.3. The molecule has 4 heteroatoms. The minimum atomic E-state index is -3.01. The molecule has 1 heterocycles. The molecule has 1 saturated heterocycles. The summed E-state index contributed by atoms with van der Waals surface area (Å²) in [7, 11) is 1.59. The molecule has 1 fully saturated rings. The zero-order chi connectivity index (χ0) is 27.8. The fraction of sp³-hybridized carbons (Fsp3) is 0.222. The van der Waals surface area contributed by atoms with Gasteiger partial charge in [-0.1, -0.05) is 0 Å². The zero-order valence-electron chi connectivity index (χ0n) is 24.2. The number of hydrogen-bond acceptors (Lipinski definition) is 2. The molecule has 0 amide bonds. The molecule has 0 bridgehead atoms. The van der Waals surface area contributed by atoms with Gasteiger partial charge in [-0.3, -0.25) is 0 Å². The molecule has 0 aromatic heterocycles. The summed E-state index contributed by atoms with van der Waals surface area (Å²) >= 11 is -3.01. The fourth-order valence-electron chi connectivity index (χ4n) is 7.87. The van der Waals surface area contributed by atoms with Gasteiger partial charge in [-0.25, -0.2) is 0 Å². The standard InChI is InChI=1S/C34H30O2Si.2CH3.Hf/c1-35-27-15-11-23(12-16-27)31-9-5-7-25-19-29(21-33(25)31)37(3,4)30-20-26-8-6-10-32(34(26)22-30)24-13-17-28(36-2)18-14-24;;;/h5-22H,1-4H3;2*1H3;. The summed E-state index contributed by atoms with van der Waals surface area (Å²) < 4.78 is 17.6. The second-order valence-corrected chi connectivity index (χ2v) is 34.2. The molecular weight excluding hydrogens is 671 g/mol. The molecule has 0 N–H and O–H groups in total. The SMILES string of the molecule is COc1ccc(-c2cccc3c2C=C2[CH]3[Hf]([CH3])([CH3])[CH]3C(=Cc4c(-c5ccc(OC)cc5)cccc43)[Si]2(C)C)cc1. The molecule has 2 atom stereocenters. The summed E-state index contributed by atoms with van der Waals surface area (Å²) in [6.45, 7) is 5.23. The monoisotopic (exact) mass is 708 g/mol. The number of fused-ring (bicyclic) bond motifs is 6. The second kappa shape index (κ2) is 9.29. The Hall–Kier alpha value is -2.95. The maximum absolute atomic E-state index is 5.44. The first-order chi connectivity index (χ1) is 19.3. The van der Waals surface area contributed by atoms with Crippen LogP contribution in [0.1, 0.15) is 29.6 Å². The van der Waals surface area contributed by atoms with Crippen LogP contribution in [0.2, 0.25) is 22.5 Å². The minimum absolute atomic E-state index is 0.639. The van der Waals surface area contributed by atoms with E-state index in [-0.39, 0.29) is 0 Å². The van der Waals surface area contributed by atoms with E-state index >= 15 is 0 Å². The molecular formula is C36H36HfO2Si. The molecule has 0 radical (unpaired) electrons. The summed E-state index contributed by atoms with van der Waals surface area (Å²) in [5, 5.41) is 3.55. The van der Waals surface area contributed by atoms with E-state index in [0.717, 1.165) is 11.5 Å². The topological polar surface area (TPSA) is 18.5 Å². The van der Waals surface area contributed by atoms with Gasteiger partial charge in [0, 0.05) is 0 Å². The van der Waals surface area contributed by atoms with E-state index < -0.39 is 28.0 Å². The van der Waals surface area contributed by atoms with E-state index in [0.29, 0.717) is 7.35 Å². The van der Waals surface area contributed by atoms with Crippen molar-refractivity contribution < 1.29 is 29.4 Å². The van der Waals surface area contributed by atoms with Gasteiger partial charge in [-0.2, -0.15) is 0 Å². The van der Waals surface area contributed by atoms with Crippen LogP contribution >= 0.6 is 0 Å². The predicted molar refractivity (Wildman–Crippen MR) is 168 cm³/mol. The average Bonchev–Trinajstić information content (AvgIpc) is 3.58. The van der Waals surface area contributed by atoms with Gasteiger partial charge >= 0.3 is 245 Å². The van der Waals surface area contributed by atoms with Crippen LogP contribution in [0, 0.1) is 0 Å². The third kappa shape index (κ3) is 3.68. The molecule has 7 rings (SSSR count). The Balaban J connectivity index is 1.38. The Bertz CT molecular complexity index is 1590. The van der Waals surface area contributed by atoms with Crippen molar-refractivity contribution in [3.05, 3.63) is 118 Å². The Morgan fingerprint density at radius 1 is 0.575 bits per heavy atom.